The van der Waals surface area contributed by atoms with Crippen LogP contribution in [0.5, 0.6) is 0 Å². The molecule has 0 saturated carbocycles. The molecule has 1 heterocycles. The maximum absolute atomic E-state index is 11.8. The van der Waals surface area contributed by atoms with E-state index < -0.39 is 0 Å². The van der Waals surface area contributed by atoms with Gasteiger partial charge in [-0.25, -0.2) is 9.59 Å². The van der Waals surface area contributed by atoms with Gasteiger partial charge in [0.25, 0.3) is 0 Å². The van der Waals surface area contributed by atoms with Crippen molar-refractivity contribution in [3.8, 4) is 16.8 Å². The minimum absolute atomic E-state index is 0.333. The van der Waals surface area contributed by atoms with Gasteiger partial charge < -0.3 is 14.0 Å². The van der Waals surface area contributed by atoms with Gasteiger partial charge in [0, 0.05) is 29.2 Å². The van der Waals surface area contributed by atoms with Crippen molar-refractivity contribution < 1.29 is 19.1 Å². The van der Waals surface area contributed by atoms with Gasteiger partial charge in [0.1, 0.15) is 0 Å². The van der Waals surface area contributed by atoms with Crippen LogP contribution in [0.25, 0.3) is 22.4 Å². The summed E-state index contributed by atoms with van der Waals surface area (Å²) in [7, 11) is 1.36. The molecule has 0 aliphatic rings. The zero-order valence-electron chi connectivity index (χ0n) is 16.8. The molecule has 0 radical (unpaired) electrons. The van der Waals surface area contributed by atoms with E-state index in [4.69, 9.17) is 9.47 Å². The van der Waals surface area contributed by atoms with Crippen molar-refractivity contribution in [1.29, 1.82) is 0 Å². The van der Waals surface area contributed by atoms with Crippen molar-refractivity contribution in [3.63, 3.8) is 0 Å². The van der Waals surface area contributed by atoms with Gasteiger partial charge in [-0.05, 0) is 61.4 Å². The Morgan fingerprint density at radius 1 is 0.931 bits per heavy atom. The standard InChI is InChI=1S/C24H23NO4/c1-5-29-24(27)19-10-12-20(13-11-19)25-14-21(16(2)3)22(15-25)17-6-8-18(9-7-17)23(26)28-4/h6-15H,2,5H2,1,3-4H3. The summed E-state index contributed by atoms with van der Waals surface area (Å²) in [6, 6.07) is 14.5. The Hall–Kier alpha value is -3.60. The van der Waals surface area contributed by atoms with Gasteiger partial charge in [0.2, 0.25) is 0 Å². The molecule has 0 aliphatic carbocycles. The average molecular weight is 389 g/mol. The van der Waals surface area contributed by atoms with Crippen LogP contribution in [0, 0.1) is 0 Å². The maximum atomic E-state index is 11.8. The van der Waals surface area contributed by atoms with Crippen molar-refractivity contribution in [3.05, 3.63) is 84.2 Å². The second-order valence-corrected chi connectivity index (χ2v) is 6.61. The van der Waals surface area contributed by atoms with Gasteiger partial charge in [-0.15, -0.1) is 0 Å². The van der Waals surface area contributed by atoms with E-state index in [1.807, 2.05) is 48.1 Å². The van der Waals surface area contributed by atoms with Crippen LogP contribution in [0.2, 0.25) is 0 Å². The van der Waals surface area contributed by atoms with E-state index in [-0.39, 0.29) is 11.9 Å². The van der Waals surface area contributed by atoms with Crippen molar-refractivity contribution >= 4 is 17.5 Å². The quantitative estimate of drug-likeness (QED) is 0.548. The van der Waals surface area contributed by atoms with E-state index in [0.717, 1.165) is 28.0 Å². The first-order valence-electron chi connectivity index (χ1n) is 9.28. The third kappa shape index (κ3) is 4.29. The first-order valence-corrected chi connectivity index (χ1v) is 9.28. The maximum Gasteiger partial charge on any atom is 0.338 e. The number of esters is 2. The summed E-state index contributed by atoms with van der Waals surface area (Å²) in [6.07, 6.45) is 4.02. The number of nitrogens with zero attached hydrogens (tertiary/aromatic N) is 1. The number of ether oxygens (including phenoxy) is 2. The molecule has 5 heteroatoms. The first-order chi connectivity index (χ1) is 13.9. The number of methoxy groups -OCH3 is 1. The molecule has 29 heavy (non-hydrogen) atoms. The second kappa shape index (κ2) is 8.61. The minimum Gasteiger partial charge on any atom is -0.465 e. The molecule has 0 fully saturated rings. The number of benzene rings is 2. The Labute approximate surface area is 170 Å². The monoisotopic (exact) mass is 389 g/mol. The average Bonchev–Trinajstić information content (AvgIpc) is 3.19. The van der Waals surface area contributed by atoms with E-state index in [9.17, 15) is 9.59 Å². The summed E-state index contributed by atoms with van der Waals surface area (Å²) < 4.78 is 11.8. The molecule has 0 atom stereocenters. The summed E-state index contributed by atoms with van der Waals surface area (Å²) in [5, 5.41) is 0. The summed E-state index contributed by atoms with van der Waals surface area (Å²) >= 11 is 0. The Balaban J connectivity index is 1.96. The minimum atomic E-state index is -0.365. The van der Waals surface area contributed by atoms with E-state index in [2.05, 4.69) is 6.58 Å². The predicted octanol–water partition coefficient (Wildman–Crippen LogP) is 5.14. The smallest absolute Gasteiger partial charge is 0.338 e. The van der Waals surface area contributed by atoms with Gasteiger partial charge in [-0.3, -0.25) is 0 Å². The highest BCUT2D eigenvalue weighted by Gasteiger charge is 2.13. The van der Waals surface area contributed by atoms with E-state index >= 15 is 0 Å². The number of allylic oxidation sites excluding steroid dienone is 1. The Morgan fingerprint density at radius 2 is 1.52 bits per heavy atom. The Bertz CT molecular complexity index is 1040. The molecule has 0 N–H and O–H groups in total. The second-order valence-electron chi connectivity index (χ2n) is 6.61. The molecule has 0 unspecified atom stereocenters. The lowest BCUT2D eigenvalue weighted by molar-refractivity contribution is 0.0525. The van der Waals surface area contributed by atoms with Crippen LogP contribution >= 0.6 is 0 Å². The highest BCUT2D eigenvalue weighted by molar-refractivity contribution is 5.91. The van der Waals surface area contributed by atoms with Crippen LogP contribution in [-0.4, -0.2) is 30.2 Å². The topological polar surface area (TPSA) is 57.5 Å². The fourth-order valence-electron chi connectivity index (χ4n) is 3.06. The first kappa shape index (κ1) is 20.1. The molecule has 0 amide bonds. The molecule has 1 aromatic heterocycles. The van der Waals surface area contributed by atoms with Gasteiger partial charge in [-0.2, -0.15) is 0 Å². The molecule has 148 valence electrons. The van der Waals surface area contributed by atoms with Crippen LogP contribution in [0.4, 0.5) is 0 Å². The van der Waals surface area contributed by atoms with Crippen molar-refractivity contribution in [2.75, 3.05) is 13.7 Å². The highest BCUT2D eigenvalue weighted by Crippen LogP contribution is 2.31. The van der Waals surface area contributed by atoms with Gasteiger partial charge in [-0.1, -0.05) is 18.7 Å². The summed E-state index contributed by atoms with van der Waals surface area (Å²) in [6.45, 7) is 8.17. The molecule has 0 spiro atoms. The fourth-order valence-corrected chi connectivity index (χ4v) is 3.06. The lowest BCUT2D eigenvalue weighted by Crippen LogP contribution is -2.04. The molecule has 5 nitrogen and oxygen atoms in total. The molecular formula is C24H23NO4. The zero-order valence-corrected chi connectivity index (χ0v) is 16.8. The van der Waals surface area contributed by atoms with E-state index in [0.29, 0.717) is 17.7 Å². The zero-order chi connectivity index (χ0) is 21.0. The van der Waals surface area contributed by atoms with E-state index in [1.165, 1.54) is 7.11 Å². The molecule has 0 bridgehead atoms. The molecule has 0 aliphatic heterocycles. The number of carbonyl (C=O) groups is 2. The largest absolute Gasteiger partial charge is 0.465 e. The van der Waals surface area contributed by atoms with Crippen molar-refractivity contribution in [1.82, 2.24) is 4.57 Å². The summed E-state index contributed by atoms with van der Waals surface area (Å²) in [4.78, 5) is 23.5. The number of aromatic nitrogens is 1. The van der Waals surface area contributed by atoms with Crippen molar-refractivity contribution in [2.45, 2.75) is 13.8 Å². The third-order valence-corrected chi connectivity index (χ3v) is 4.58. The Kier molecular flexibility index (Phi) is 5.98. The van der Waals surface area contributed by atoms with Crippen LogP contribution < -0.4 is 0 Å². The van der Waals surface area contributed by atoms with Gasteiger partial charge in [0.05, 0.1) is 24.8 Å². The number of hydrogen-bond donors (Lipinski definition) is 0. The lowest BCUT2D eigenvalue weighted by atomic mass is 10.00. The van der Waals surface area contributed by atoms with Crippen LogP contribution in [-0.2, 0) is 9.47 Å². The van der Waals surface area contributed by atoms with Crippen molar-refractivity contribution in [2.24, 2.45) is 0 Å². The van der Waals surface area contributed by atoms with Crippen LogP contribution in [0.15, 0.2) is 67.5 Å². The normalized spacial score (nSPS) is 10.4. The fraction of sp³-hybridized carbons (Fsp3) is 0.167. The lowest BCUT2D eigenvalue weighted by Gasteiger charge is -2.05. The predicted molar refractivity (Wildman–Crippen MR) is 113 cm³/mol. The van der Waals surface area contributed by atoms with Crippen LogP contribution in [0.3, 0.4) is 0 Å². The number of carbonyl (C=O) groups excluding carboxylic acids is 2. The number of hydrogen-bond acceptors (Lipinski definition) is 4. The third-order valence-electron chi connectivity index (χ3n) is 4.58. The summed E-state index contributed by atoms with van der Waals surface area (Å²) in [5.74, 6) is -0.698. The van der Waals surface area contributed by atoms with Gasteiger partial charge in [0.15, 0.2) is 0 Å². The van der Waals surface area contributed by atoms with Gasteiger partial charge >= 0.3 is 11.9 Å². The number of rotatable bonds is 6. The molecular weight excluding hydrogens is 366 g/mol. The molecule has 0 saturated heterocycles. The van der Waals surface area contributed by atoms with E-state index in [1.54, 1.807) is 31.2 Å². The SMILES string of the molecule is C=C(C)c1cn(-c2ccc(C(=O)OCC)cc2)cc1-c1ccc(C(=O)OC)cc1. The molecule has 2 aromatic carbocycles. The Morgan fingerprint density at radius 3 is 2.07 bits per heavy atom. The summed E-state index contributed by atoms with van der Waals surface area (Å²) in [5.41, 5.74) is 5.84. The van der Waals surface area contributed by atoms with Crippen LogP contribution in [0.1, 0.15) is 40.1 Å². The highest BCUT2D eigenvalue weighted by atomic mass is 16.5. The molecule has 3 aromatic rings. The molecule has 3 rings (SSSR count).